The van der Waals surface area contributed by atoms with Gasteiger partial charge in [0.1, 0.15) is 0 Å². The van der Waals surface area contributed by atoms with E-state index in [4.69, 9.17) is 9.47 Å². The third kappa shape index (κ3) is 1.95. The number of rotatable bonds is 2. The van der Waals surface area contributed by atoms with Crippen molar-refractivity contribution >= 4 is 11.8 Å². The fourth-order valence-electron chi connectivity index (χ4n) is 2.77. The summed E-state index contributed by atoms with van der Waals surface area (Å²) < 4.78 is 11.3. The quantitative estimate of drug-likeness (QED) is 0.657. The lowest BCUT2D eigenvalue weighted by Crippen LogP contribution is -2.40. The molecule has 3 saturated heterocycles. The van der Waals surface area contributed by atoms with Crippen LogP contribution < -0.4 is 0 Å². The average Bonchev–Trinajstić information content (AvgIpc) is 2.88. The molecule has 3 rings (SSSR count). The van der Waals surface area contributed by atoms with Gasteiger partial charge < -0.3 is 9.47 Å². The van der Waals surface area contributed by atoms with E-state index in [1.54, 1.807) is 0 Å². The van der Waals surface area contributed by atoms with E-state index in [0.29, 0.717) is 6.10 Å². The molecule has 0 bridgehead atoms. The van der Waals surface area contributed by atoms with Gasteiger partial charge in [0.05, 0.1) is 18.3 Å². The molecule has 0 amide bonds. The highest BCUT2D eigenvalue weighted by Crippen LogP contribution is 2.42. The van der Waals surface area contributed by atoms with Crippen LogP contribution in [0.3, 0.4) is 0 Å². The fourth-order valence-corrected chi connectivity index (χ4v) is 4.15. The Kier molecular flexibility index (Phi) is 2.50. The summed E-state index contributed by atoms with van der Waals surface area (Å²) in [5.74, 6) is 3.40. The minimum Gasteiger partial charge on any atom is -0.374 e. The van der Waals surface area contributed by atoms with Crippen LogP contribution in [0.2, 0.25) is 0 Å². The van der Waals surface area contributed by atoms with Crippen molar-refractivity contribution < 1.29 is 9.47 Å². The number of ether oxygens (including phenoxy) is 2. The number of hydrogen-bond acceptors (Lipinski definition) is 3. The summed E-state index contributed by atoms with van der Waals surface area (Å²) in [5, 5.41) is 0. The summed E-state index contributed by atoms with van der Waals surface area (Å²) >= 11 is 2.06. The second kappa shape index (κ2) is 3.69. The number of hydrogen-bond donors (Lipinski definition) is 0. The van der Waals surface area contributed by atoms with E-state index in [9.17, 15) is 0 Å². The molecule has 0 aromatic carbocycles. The average molecular weight is 214 g/mol. The Labute approximate surface area is 89.7 Å². The minimum absolute atomic E-state index is 0.266. The third-order valence-corrected chi connectivity index (χ3v) is 4.88. The van der Waals surface area contributed by atoms with Crippen LogP contribution in [0.1, 0.15) is 25.7 Å². The van der Waals surface area contributed by atoms with Crippen molar-refractivity contribution in [1.82, 2.24) is 0 Å². The van der Waals surface area contributed by atoms with Gasteiger partial charge in [-0.25, -0.2) is 0 Å². The Morgan fingerprint density at radius 1 is 1.43 bits per heavy atom. The zero-order chi connectivity index (χ0) is 9.43. The first-order valence-electron chi connectivity index (χ1n) is 5.70. The molecule has 14 heavy (non-hydrogen) atoms. The fraction of sp³-hybridized carbons (Fsp3) is 1.00. The number of epoxide rings is 1. The predicted molar refractivity (Wildman–Crippen MR) is 57.7 cm³/mol. The molecule has 0 aromatic rings. The summed E-state index contributed by atoms with van der Waals surface area (Å²) in [4.78, 5) is 0. The van der Waals surface area contributed by atoms with Crippen molar-refractivity contribution in [2.75, 3.05) is 24.7 Å². The summed E-state index contributed by atoms with van der Waals surface area (Å²) in [7, 11) is 0. The molecular weight excluding hydrogens is 196 g/mol. The van der Waals surface area contributed by atoms with E-state index in [1.807, 2.05) is 0 Å². The van der Waals surface area contributed by atoms with Crippen molar-refractivity contribution in [3.05, 3.63) is 0 Å². The van der Waals surface area contributed by atoms with E-state index in [1.165, 1.54) is 37.2 Å². The van der Waals surface area contributed by atoms with Crippen molar-refractivity contribution in [2.45, 2.75) is 37.4 Å². The molecule has 0 aliphatic carbocycles. The summed E-state index contributed by atoms with van der Waals surface area (Å²) in [5.41, 5.74) is 0.266. The zero-order valence-corrected chi connectivity index (χ0v) is 9.35. The Morgan fingerprint density at radius 2 is 2.36 bits per heavy atom. The third-order valence-electron chi connectivity index (χ3n) is 3.66. The molecule has 3 unspecified atom stereocenters. The first-order valence-corrected chi connectivity index (χ1v) is 6.85. The van der Waals surface area contributed by atoms with Crippen LogP contribution in [-0.4, -0.2) is 36.4 Å². The van der Waals surface area contributed by atoms with Crippen LogP contribution in [0.25, 0.3) is 0 Å². The van der Waals surface area contributed by atoms with Crippen LogP contribution in [-0.2, 0) is 9.47 Å². The van der Waals surface area contributed by atoms with Crippen LogP contribution >= 0.6 is 11.8 Å². The van der Waals surface area contributed by atoms with Crippen molar-refractivity contribution in [2.24, 2.45) is 5.92 Å². The normalized spacial score (nSPS) is 47.1. The van der Waals surface area contributed by atoms with Crippen LogP contribution in [0.15, 0.2) is 0 Å². The minimum atomic E-state index is 0.266. The first kappa shape index (κ1) is 9.49. The molecule has 0 saturated carbocycles. The van der Waals surface area contributed by atoms with Crippen LogP contribution in [0.5, 0.6) is 0 Å². The molecule has 3 heteroatoms. The number of thioether (sulfide) groups is 1. The van der Waals surface area contributed by atoms with Crippen molar-refractivity contribution in [3.63, 3.8) is 0 Å². The highest BCUT2D eigenvalue weighted by Gasteiger charge is 2.41. The highest BCUT2D eigenvalue weighted by molar-refractivity contribution is 7.99. The molecule has 80 valence electrons. The summed E-state index contributed by atoms with van der Waals surface area (Å²) in [6.45, 7) is 2.00. The van der Waals surface area contributed by atoms with Gasteiger partial charge in [0.25, 0.3) is 0 Å². The monoisotopic (exact) mass is 214 g/mol. The lowest BCUT2D eigenvalue weighted by Gasteiger charge is -2.37. The Bertz CT molecular complexity index is 209. The van der Waals surface area contributed by atoms with E-state index < -0.39 is 0 Å². The van der Waals surface area contributed by atoms with Gasteiger partial charge in [-0.05, 0) is 37.4 Å². The largest absolute Gasteiger partial charge is 0.374 e. The van der Waals surface area contributed by atoms with Gasteiger partial charge in [0, 0.05) is 12.4 Å². The molecule has 3 aliphatic heterocycles. The van der Waals surface area contributed by atoms with Gasteiger partial charge in [0.15, 0.2) is 0 Å². The van der Waals surface area contributed by atoms with Gasteiger partial charge in [-0.1, -0.05) is 0 Å². The summed E-state index contributed by atoms with van der Waals surface area (Å²) in [6, 6.07) is 0. The smallest absolute Gasteiger partial charge is 0.0812 e. The summed E-state index contributed by atoms with van der Waals surface area (Å²) in [6.07, 6.45) is 5.71. The van der Waals surface area contributed by atoms with E-state index in [2.05, 4.69) is 11.8 Å². The van der Waals surface area contributed by atoms with E-state index in [-0.39, 0.29) is 5.60 Å². The zero-order valence-electron chi connectivity index (χ0n) is 8.54. The van der Waals surface area contributed by atoms with E-state index >= 15 is 0 Å². The second-order valence-electron chi connectivity index (χ2n) is 4.88. The maximum Gasteiger partial charge on any atom is 0.0812 e. The first-order chi connectivity index (χ1) is 6.86. The molecule has 0 aromatic heterocycles. The van der Waals surface area contributed by atoms with Gasteiger partial charge in [0.2, 0.25) is 0 Å². The van der Waals surface area contributed by atoms with Gasteiger partial charge in [-0.2, -0.15) is 11.8 Å². The van der Waals surface area contributed by atoms with Crippen LogP contribution in [0, 0.1) is 5.92 Å². The molecule has 3 fully saturated rings. The van der Waals surface area contributed by atoms with Gasteiger partial charge >= 0.3 is 0 Å². The highest BCUT2D eigenvalue weighted by atomic mass is 32.2. The van der Waals surface area contributed by atoms with Crippen LogP contribution in [0.4, 0.5) is 0 Å². The lowest BCUT2D eigenvalue weighted by atomic mass is 9.83. The molecule has 3 aliphatic rings. The molecule has 2 nitrogen and oxygen atoms in total. The van der Waals surface area contributed by atoms with Gasteiger partial charge in [-0.15, -0.1) is 0 Å². The molecule has 0 radical (unpaired) electrons. The molecular formula is C11H18O2S. The molecule has 1 spiro atoms. The standard InChI is InChI=1S/C11H18O2S/c1-3-13-11(2-4-14-8-11)6-9(1)5-10-7-12-10/h9-10H,1-8H2. The van der Waals surface area contributed by atoms with Crippen molar-refractivity contribution in [1.29, 1.82) is 0 Å². The van der Waals surface area contributed by atoms with Crippen molar-refractivity contribution in [3.8, 4) is 0 Å². The second-order valence-corrected chi connectivity index (χ2v) is 5.99. The maximum atomic E-state index is 6.00. The maximum absolute atomic E-state index is 6.00. The Balaban J connectivity index is 1.59. The predicted octanol–water partition coefficient (Wildman–Crippen LogP) is 2.08. The Hall–Kier alpha value is 0.270. The SMILES string of the molecule is C1CC(CC2CO2)CC2(CCSC2)O1. The Morgan fingerprint density at radius 3 is 3.07 bits per heavy atom. The topological polar surface area (TPSA) is 21.8 Å². The van der Waals surface area contributed by atoms with Gasteiger partial charge in [-0.3, -0.25) is 0 Å². The lowest BCUT2D eigenvalue weighted by molar-refractivity contribution is -0.0812. The molecule has 3 heterocycles. The molecule has 3 atom stereocenters. The van der Waals surface area contributed by atoms with E-state index in [0.717, 1.165) is 19.1 Å². The molecule has 0 N–H and O–H groups in total.